The number of hydrogen-bond acceptors (Lipinski definition) is 3. The molecule has 2 aliphatic heterocycles. The first kappa shape index (κ1) is 16.4. The van der Waals surface area contributed by atoms with Gasteiger partial charge in [-0.25, -0.2) is 4.39 Å². The van der Waals surface area contributed by atoms with Crippen molar-refractivity contribution < 1.29 is 9.18 Å². The number of hydrogen-bond donors (Lipinski definition) is 1. The van der Waals surface area contributed by atoms with Crippen LogP contribution in [0, 0.1) is 11.2 Å². The molecule has 126 valence electrons. The van der Waals surface area contributed by atoms with Gasteiger partial charge in [0.15, 0.2) is 0 Å². The van der Waals surface area contributed by atoms with Gasteiger partial charge in [0.25, 0.3) is 5.91 Å². The highest BCUT2D eigenvalue weighted by molar-refractivity contribution is 5.94. The fourth-order valence-corrected chi connectivity index (χ4v) is 3.65. The van der Waals surface area contributed by atoms with E-state index in [1.165, 1.54) is 18.6 Å². The average Bonchev–Trinajstić information content (AvgIpc) is 2.83. The Morgan fingerprint density at radius 3 is 2.70 bits per heavy atom. The molecule has 0 radical (unpaired) electrons. The Kier molecular flexibility index (Phi) is 4.97. The molecule has 0 saturated carbocycles. The molecule has 2 fully saturated rings. The molecule has 1 unspecified atom stereocenters. The molecule has 0 spiro atoms. The van der Waals surface area contributed by atoms with Crippen molar-refractivity contribution in [2.75, 3.05) is 45.8 Å². The fraction of sp³-hybridized carbons (Fsp3) is 0.611. The van der Waals surface area contributed by atoms with Crippen molar-refractivity contribution in [2.24, 2.45) is 5.41 Å². The van der Waals surface area contributed by atoms with Crippen LogP contribution in [0.15, 0.2) is 24.3 Å². The lowest BCUT2D eigenvalue weighted by atomic mass is 9.89. The molecule has 5 heteroatoms. The van der Waals surface area contributed by atoms with Crippen LogP contribution in [-0.2, 0) is 0 Å². The van der Waals surface area contributed by atoms with Gasteiger partial charge in [0.1, 0.15) is 5.82 Å². The molecule has 1 aromatic rings. The molecule has 4 nitrogen and oxygen atoms in total. The van der Waals surface area contributed by atoms with Crippen LogP contribution < -0.4 is 5.32 Å². The summed E-state index contributed by atoms with van der Waals surface area (Å²) in [5.74, 6) is -0.289. The molecule has 3 rings (SSSR count). The lowest BCUT2D eigenvalue weighted by Crippen LogP contribution is -2.40. The number of rotatable bonds is 3. The molecule has 1 N–H and O–H groups in total. The van der Waals surface area contributed by atoms with E-state index < -0.39 is 0 Å². The summed E-state index contributed by atoms with van der Waals surface area (Å²) in [6.07, 6.45) is 2.22. The second kappa shape index (κ2) is 6.97. The van der Waals surface area contributed by atoms with Crippen LogP contribution in [-0.4, -0.2) is 61.5 Å². The monoisotopic (exact) mass is 319 g/mol. The van der Waals surface area contributed by atoms with Crippen LogP contribution in [0.4, 0.5) is 4.39 Å². The van der Waals surface area contributed by atoms with Crippen LogP contribution >= 0.6 is 0 Å². The summed E-state index contributed by atoms with van der Waals surface area (Å²) in [7, 11) is 0. The second-order valence-electron chi connectivity index (χ2n) is 7.17. The molecule has 0 aliphatic carbocycles. The highest BCUT2D eigenvalue weighted by Gasteiger charge is 2.31. The van der Waals surface area contributed by atoms with E-state index in [4.69, 9.17) is 0 Å². The van der Waals surface area contributed by atoms with E-state index in [2.05, 4.69) is 17.1 Å². The average molecular weight is 319 g/mol. The summed E-state index contributed by atoms with van der Waals surface area (Å²) in [5, 5.41) is 3.45. The first-order valence-corrected chi connectivity index (χ1v) is 8.54. The van der Waals surface area contributed by atoms with Crippen LogP contribution in [0.2, 0.25) is 0 Å². The highest BCUT2D eigenvalue weighted by atomic mass is 19.1. The zero-order chi connectivity index (χ0) is 16.3. The van der Waals surface area contributed by atoms with Crippen molar-refractivity contribution in [2.45, 2.75) is 19.8 Å². The van der Waals surface area contributed by atoms with E-state index in [0.29, 0.717) is 11.0 Å². The molecular weight excluding hydrogens is 293 g/mol. The first-order chi connectivity index (χ1) is 11.1. The smallest absolute Gasteiger partial charge is 0.253 e. The fourth-order valence-electron chi connectivity index (χ4n) is 3.65. The zero-order valence-corrected chi connectivity index (χ0v) is 13.9. The van der Waals surface area contributed by atoms with Gasteiger partial charge in [-0.3, -0.25) is 4.79 Å². The molecule has 23 heavy (non-hydrogen) atoms. The molecule has 2 saturated heterocycles. The maximum atomic E-state index is 13.0. The minimum atomic E-state index is -0.304. The SMILES string of the molecule is CC1(CN2CCCN(C(=O)c3ccc(F)cc3)CC2)CCNC1. The largest absolute Gasteiger partial charge is 0.337 e. The summed E-state index contributed by atoms with van der Waals surface area (Å²) in [6, 6.07) is 5.85. The van der Waals surface area contributed by atoms with E-state index in [1.54, 1.807) is 12.1 Å². The van der Waals surface area contributed by atoms with Crippen molar-refractivity contribution in [3.05, 3.63) is 35.6 Å². The summed E-state index contributed by atoms with van der Waals surface area (Å²) < 4.78 is 13.0. The Bertz CT molecular complexity index is 540. The first-order valence-electron chi connectivity index (χ1n) is 8.54. The minimum Gasteiger partial charge on any atom is -0.337 e. The van der Waals surface area contributed by atoms with E-state index in [1.807, 2.05) is 4.90 Å². The van der Waals surface area contributed by atoms with Crippen molar-refractivity contribution >= 4 is 5.91 Å². The van der Waals surface area contributed by atoms with Crippen LogP contribution in [0.1, 0.15) is 30.1 Å². The summed E-state index contributed by atoms with van der Waals surface area (Å²) in [5.41, 5.74) is 0.933. The lowest BCUT2D eigenvalue weighted by molar-refractivity contribution is 0.0758. The van der Waals surface area contributed by atoms with Gasteiger partial charge in [0.2, 0.25) is 0 Å². The number of amides is 1. The zero-order valence-electron chi connectivity index (χ0n) is 13.9. The predicted octanol–water partition coefficient (Wildman–Crippen LogP) is 1.97. The number of nitrogens with zero attached hydrogens (tertiary/aromatic N) is 2. The molecule has 0 bridgehead atoms. The number of carbonyl (C=O) groups is 1. The predicted molar refractivity (Wildman–Crippen MR) is 89.0 cm³/mol. The van der Waals surface area contributed by atoms with Gasteiger partial charge in [-0.15, -0.1) is 0 Å². The standard InChI is InChI=1S/C18H26FN3O/c1-18(7-8-20-13-18)14-21-9-2-10-22(12-11-21)17(23)15-3-5-16(19)6-4-15/h3-6,20H,2,7-14H2,1H3. The summed E-state index contributed by atoms with van der Waals surface area (Å²) in [6.45, 7) is 9.13. The number of nitrogens with one attached hydrogen (secondary N) is 1. The molecule has 2 aliphatic rings. The van der Waals surface area contributed by atoms with E-state index in [-0.39, 0.29) is 11.7 Å². The van der Waals surface area contributed by atoms with E-state index in [9.17, 15) is 9.18 Å². The Hall–Kier alpha value is -1.46. The van der Waals surface area contributed by atoms with Gasteiger partial charge in [-0.2, -0.15) is 0 Å². The highest BCUT2D eigenvalue weighted by Crippen LogP contribution is 2.26. The Morgan fingerprint density at radius 1 is 1.22 bits per heavy atom. The van der Waals surface area contributed by atoms with Crippen LogP contribution in [0.25, 0.3) is 0 Å². The third kappa shape index (κ3) is 4.09. The topological polar surface area (TPSA) is 35.6 Å². The molecule has 1 amide bonds. The van der Waals surface area contributed by atoms with Crippen LogP contribution in [0.5, 0.6) is 0 Å². The van der Waals surface area contributed by atoms with Gasteiger partial charge in [-0.1, -0.05) is 6.92 Å². The lowest BCUT2D eigenvalue weighted by Gasteiger charge is -2.31. The summed E-state index contributed by atoms with van der Waals surface area (Å²) in [4.78, 5) is 16.9. The molecule has 1 atom stereocenters. The van der Waals surface area contributed by atoms with Gasteiger partial charge in [-0.05, 0) is 55.6 Å². The Labute approximate surface area is 137 Å². The van der Waals surface area contributed by atoms with Crippen molar-refractivity contribution in [1.82, 2.24) is 15.1 Å². The maximum Gasteiger partial charge on any atom is 0.253 e. The van der Waals surface area contributed by atoms with Gasteiger partial charge in [0.05, 0.1) is 0 Å². The van der Waals surface area contributed by atoms with E-state index in [0.717, 1.165) is 52.2 Å². The quantitative estimate of drug-likeness (QED) is 0.925. The molecular formula is C18H26FN3O. The van der Waals surface area contributed by atoms with Crippen molar-refractivity contribution in [1.29, 1.82) is 0 Å². The molecule has 2 heterocycles. The Morgan fingerprint density at radius 2 is 2.00 bits per heavy atom. The van der Waals surface area contributed by atoms with Crippen molar-refractivity contribution in [3.8, 4) is 0 Å². The second-order valence-corrected chi connectivity index (χ2v) is 7.17. The van der Waals surface area contributed by atoms with E-state index >= 15 is 0 Å². The molecule has 0 aromatic heterocycles. The van der Waals surface area contributed by atoms with Crippen LogP contribution in [0.3, 0.4) is 0 Å². The number of halogens is 1. The van der Waals surface area contributed by atoms with Gasteiger partial charge in [0, 0.05) is 38.3 Å². The molecule has 1 aromatic carbocycles. The number of benzene rings is 1. The Balaban J connectivity index is 1.57. The van der Waals surface area contributed by atoms with Gasteiger partial charge >= 0.3 is 0 Å². The minimum absolute atomic E-state index is 0.0144. The summed E-state index contributed by atoms with van der Waals surface area (Å²) >= 11 is 0. The number of carbonyl (C=O) groups excluding carboxylic acids is 1. The normalized spacial score (nSPS) is 26.3. The third-order valence-corrected chi connectivity index (χ3v) is 5.03. The van der Waals surface area contributed by atoms with Gasteiger partial charge < -0.3 is 15.1 Å². The maximum absolute atomic E-state index is 13.0. The van der Waals surface area contributed by atoms with Crippen molar-refractivity contribution in [3.63, 3.8) is 0 Å². The third-order valence-electron chi connectivity index (χ3n) is 5.03.